The van der Waals surface area contributed by atoms with Crippen LogP contribution in [-0.4, -0.2) is 22.0 Å². The van der Waals surface area contributed by atoms with E-state index in [9.17, 15) is 9.59 Å². The van der Waals surface area contributed by atoms with E-state index in [0.29, 0.717) is 18.4 Å². The first-order valence-corrected chi connectivity index (χ1v) is 9.31. The van der Waals surface area contributed by atoms with E-state index in [-0.39, 0.29) is 11.5 Å². The Morgan fingerprint density at radius 1 is 1.39 bits per heavy atom. The smallest absolute Gasteiger partial charge is 0.262 e. The number of fused-ring (bicyclic) bond motifs is 1. The summed E-state index contributed by atoms with van der Waals surface area (Å²) in [6, 6.07) is 1.79. The van der Waals surface area contributed by atoms with Crippen molar-refractivity contribution in [1.82, 2.24) is 14.9 Å². The molecular weight excluding hydrogens is 310 g/mol. The summed E-state index contributed by atoms with van der Waals surface area (Å²) in [6.07, 6.45) is 9.58. The van der Waals surface area contributed by atoms with E-state index in [1.807, 2.05) is 5.38 Å². The van der Waals surface area contributed by atoms with Crippen LogP contribution in [0.2, 0.25) is 0 Å². The van der Waals surface area contributed by atoms with Crippen LogP contribution >= 0.6 is 11.3 Å². The van der Waals surface area contributed by atoms with Gasteiger partial charge in [0, 0.05) is 19.5 Å². The molecule has 2 aromatic rings. The van der Waals surface area contributed by atoms with Gasteiger partial charge < -0.3 is 5.32 Å². The molecule has 1 saturated carbocycles. The Kier molecular flexibility index (Phi) is 5.43. The van der Waals surface area contributed by atoms with Crippen molar-refractivity contribution in [3.63, 3.8) is 0 Å². The Morgan fingerprint density at radius 2 is 2.22 bits per heavy atom. The van der Waals surface area contributed by atoms with Gasteiger partial charge in [-0.1, -0.05) is 25.7 Å². The lowest BCUT2D eigenvalue weighted by Gasteiger charge is -2.09. The fourth-order valence-electron chi connectivity index (χ4n) is 3.28. The Balaban J connectivity index is 1.41. The van der Waals surface area contributed by atoms with Gasteiger partial charge in [0.25, 0.3) is 5.56 Å². The highest BCUT2D eigenvalue weighted by atomic mass is 32.1. The number of amides is 1. The van der Waals surface area contributed by atoms with Crippen LogP contribution in [0.25, 0.3) is 10.2 Å². The summed E-state index contributed by atoms with van der Waals surface area (Å²) in [5.74, 6) is 0.877. The second-order valence-electron chi connectivity index (χ2n) is 6.28. The maximum atomic E-state index is 12.2. The highest BCUT2D eigenvalue weighted by Crippen LogP contribution is 2.28. The molecular formula is C17H23N3O2S. The molecule has 1 N–H and O–H groups in total. The number of aromatic nitrogens is 2. The minimum Gasteiger partial charge on any atom is -0.356 e. The molecule has 0 radical (unpaired) electrons. The van der Waals surface area contributed by atoms with Crippen LogP contribution in [0.5, 0.6) is 0 Å². The predicted molar refractivity (Wildman–Crippen MR) is 92.7 cm³/mol. The summed E-state index contributed by atoms with van der Waals surface area (Å²) < 4.78 is 1.52. The van der Waals surface area contributed by atoms with Crippen molar-refractivity contribution in [3.8, 4) is 0 Å². The third kappa shape index (κ3) is 4.19. The maximum Gasteiger partial charge on any atom is 0.262 e. The first kappa shape index (κ1) is 16.2. The molecule has 23 heavy (non-hydrogen) atoms. The summed E-state index contributed by atoms with van der Waals surface area (Å²) in [4.78, 5) is 29.1. The van der Waals surface area contributed by atoms with Crippen molar-refractivity contribution >= 4 is 27.5 Å². The average molecular weight is 333 g/mol. The van der Waals surface area contributed by atoms with Gasteiger partial charge in [-0.05, 0) is 30.2 Å². The fraction of sp³-hybridized carbons (Fsp3) is 0.588. The maximum absolute atomic E-state index is 12.2. The molecule has 2 heterocycles. The third-order valence-corrected chi connectivity index (χ3v) is 5.44. The molecule has 0 aliphatic heterocycles. The van der Waals surface area contributed by atoms with E-state index < -0.39 is 0 Å². The van der Waals surface area contributed by atoms with Gasteiger partial charge >= 0.3 is 0 Å². The molecule has 5 nitrogen and oxygen atoms in total. The number of thiophene rings is 1. The Bertz CT molecular complexity index is 716. The first-order valence-electron chi connectivity index (χ1n) is 8.43. The number of carbonyl (C=O) groups is 1. The molecule has 0 spiro atoms. The lowest BCUT2D eigenvalue weighted by atomic mass is 10.0. The van der Waals surface area contributed by atoms with Gasteiger partial charge in [-0.15, -0.1) is 11.3 Å². The lowest BCUT2D eigenvalue weighted by molar-refractivity contribution is -0.121. The number of nitrogens with one attached hydrogen (secondary N) is 1. The number of rotatable bonds is 7. The highest BCUT2D eigenvalue weighted by Gasteiger charge is 2.14. The van der Waals surface area contributed by atoms with Gasteiger partial charge in [0.2, 0.25) is 5.91 Å². The van der Waals surface area contributed by atoms with Crippen LogP contribution in [0.3, 0.4) is 0 Å². The quantitative estimate of drug-likeness (QED) is 0.792. The second-order valence-corrected chi connectivity index (χ2v) is 7.17. The summed E-state index contributed by atoms with van der Waals surface area (Å²) in [7, 11) is 0. The van der Waals surface area contributed by atoms with Crippen molar-refractivity contribution in [2.75, 3.05) is 6.54 Å². The molecule has 3 rings (SSSR count). The zero-order valence-corrected chi connectivity index (χ0v) is 14.1. The Hall–Kier alpha value is -1.69. The average Bonchev–Trinajstić information content (AvgIpc) is 3.22. The standard InChI is InChI=1S/C17H23N3O2S/c21-15(18-9-3-6-13-4-1-2-5-13)7-10-20-12-19-16-14(17(20)22)8-11-23-16/h8,11-13H,1-7,9-10H2,(H,18,21). The summed E-state index contributed by atoms with van der Waals surface area (Å²) in [5.41, 5.74) is -0.0646. The summed E-state index contributed by atoms with van der Waals surface area (Å²) in [5, 5.41) is 5.45. The predicted octanol–water partition coefficient (Wildman–Crippen LogP) is 2.93. The zero-order valence-electron chi connectivity index (χ0n) is 13.3. The van der Waals surface area contributed by atoms with Crippen molar-refractivity contribution in [2.45, 2.75) is 51.5 Å². The van der Waals surface area contributed by atoms with Crippen molar-refractivity contribution in [2.24, 2.45) is 5.92 Å². The van der Waals surface area contributed by atoms with Gasteiger partial charge in [-0.3, -0.25) is 14.2 Å². The monoisotopic (exact) mass is 333 g/mol. The Morgan fingerprint density at radius 3 is 3.04 bits per heavy atom. The van der Waals surface area contributed by atoms with Crippen LogP contribution in [-0.2, 0) is 11.3 Å². The zero-order chi connectivity index (χ0) is 16.1. The van der Waals surface area contributed by atoms with Gasteiger partial charge in [-0.25, -0.2) is 4.98 Å². The van der Waals surface area contributed by atoms with Gasteiger partial charge in [0.05, 0.1) is 11.7 Å². The van der Waals surface area contributed by atoms with Crippen LogP contribution in [0.1, 0.15) is 44.9 Å². The topological polar surface area (TPSA) is 64.0 Å². The van der Waals surface area contributed by atoms with E-state index in [2.05, 4.69) is 10.3 Å². The Labute approximate surface area is 139 Å². The number of hydrogen-bond acceptors (Lipinski definition) is 4. The minimum absolute atomic E-state index is 0.00809. The lowest BCUT2D eigenvalue weighted by Crippen LogP contribution is -2.28. The molecule has 1 fully saturated rings. The third-order valence-electron chi connectivity index (χ3n) is 4.62. The van der Waals surface area contributed by atoms with E-state index in [0.717, 1.165) is 23.7 Å². The molecule has 0 saturated heterocycles. The number of hydrogen-bond donors (Lipinski definition) is 1. The number of carbonyl (C=O) groups excluding carboxylic acids is 1. The molecule has 6 heteroatoms. The van der Waals surface area contributed by atoms with E-state index in [4.69, 9.17) is 0 Å². The molecule has 1 aliphatic rings. The molecule has 0 aromatic carbocycles. The molecule has 0 atom stereocenters. The van der Waals surface area contributed by atoms with Crippen molar-refractivity contribution < 1.29 is 4.79 Å². The first-order chi connectivity index (χ1) is 11.2. The second kappa shape index (κ2) is 7.73. The molecule has 0 unspecified atom stereocenters. The molecule has 2 aromatic heterocycles. The molecule has 0 bridgehead atoms. The SMILES string of the molecule is O=C(CCn1cnc2sccc2c1=O)NCCCC1CCCC1. The number of aryl methyl sites for hydroxylation is 1. The van der Waals surface area contributed by atoms with E-state index in [1.54, 1.807) is 6.07 Å². The largest absolute Gasteiger partial charge is 0.356 e. The van der Waals surface area contributed by atoms with E-state index >= 15 is 0 Å². The van der Waals surface area contributed by atoms with Gasteiger partial charge in [0.1, 0.15) is 4.83 Å². The van der Waals surface area contributed by atoms with Crippen molar-refractivity contribution in [1.29, 1.82) is 0 Å². The highest BCUT2D eigenvalue weighted by molar-refractivity contribution is 7.16. The molecule has 1 aliphatic carbocycles. The minimum atomic E-state index is -0.0646. The van der Waals surface area contributed by atoms with Crippen LogP contribution in [0, 0.1) is 5.92 Å². The van der Waals surface area contributed by atoms with E-state index in [1.165, 1.54) is 54.3 Å². The fourth-order valence-corrected chi connectivity index (χ4v) is 4.00. The molecule has 1 amide bonds. The van der Waals surface area contributed by atoms with Crippen LogP contribution in [0.15, 0.2) is 22.6 Å². The van der Waals surface area contributed by atoms with Crippen molar-refractivity contribution in [3.05, 3.63) is 28.1 Å². The van der Waals surface area contributed by atoms with Crippen LogP contribution in [0.4, 0.5) is 0 Å². The summed E-state index contributed by atoms with van der Waals surface area (Å²) >= 11 is 1.45. The van der Waals surface area contributed by atoms with Gasteiger partial charge in [-0.2, -0.15) is 0 Å². The van der Waals surface area contributed by atoms with Gasteiger partial charge in [0.15, 0.2) is 0 Å². The molecule has 124 valence electrons. The summed E-state index contributed by atoms with van der Waals surface area (Å²) in [6.45, 7) is 1.12. The normalized spacial score (nSPS) is 15.3. The number of nitrogens with zero attached hydrogens (tertiary/aromatic N) is 2. The van der Waals surface area contributed by atoms with Crippen LogP contribution < -0.4 is 10.9 Å².